The van der Waals surface area contributed by atoms with Crippen LogP contribution in [0.2, 0.25) is 0 Å². The van der Waals surface area contributed by atoms with Crippen LogP contribution in [0.4, 0.5) is 5.69 Å². The first-order valence-corrected chi connectivity index (χ1v) is 6.85. The summed E-state index contributed by atoms with van der Waals surface area (Å²) < 4.78 is 0. The fourth-order valence-electron chi connectivity index (χ4n) is 1.76. The molecule has 0 unspecified atom stereocenters. The van der Waals surface area contributed by atoms with Gasteiger partial charge in [-0.1, -0.05) is 47.6 Å². The van der Waals surface area contributed by atoms with Gasteiger partial charge in [-0.05, 0) is 5.56 Å². The van der Waals surface area contributed by atoms with Gasteiger partial charge in [0.1, 0.15) is 0 Å². The summed E-state index contributed by atoms with van der Waals surface area (Å²) in [7, 11) is 0. The summed E-state index contributed by atoms with van der Waals surface area (Å²) in [6.07, 6.45) is 1.32. The van der Waals surface area contributed by atoms with Crippen molar-refractivity contribution in [3.05, 3.63) is 75.8 Å². The van der Waals surface area contributed by atoms with Gasteiger partial charge in [-0.2, -0.15) is 0 Å². The average Bonchev–Trinajstić information content (AvgIpc) is 2.58. The van der Waals surface area contributed by atoms with E-state index in [1.165, 1.54) is 18.3 Å². The molecule has 0 saturated carbocycles. The number of nitrogens with zero attached hydrogens (tertiary/aromatic N) is 2. The molecule has 7 nitrogen and oxygen atoms in total. The first-order valence-electron chi connectivity index (χ1n) is 6.85. The number of nitrogens with one attached hydrogen (secondary N) is 1. The van der Waals surface area contributed by atoms with Gasteiger partial charge in [0.05, 0.1) is 11.1 Å². The minimum atomic E-state index is -0.491. The predicted molar refractivity (Wildman–Crippen MR) is 84.9 cm³/mol. The number of carbonyl (C=O) groups excluding carboxylic acids is 1. The summed E-state index contributed by atoms with van der Waals surface area (Å²) in [5.41, 5.74) is 1.47. The molecule has 0 atom stereocenters. The number of benzene rings is 2. The fraction of sp³-hybridized carbons (Fsp3) is 0.125. The topological polar surface area (TPSA) is 93.8 Å². The number of hydrogen-bond acceptors (Lipinski definition) is 5. The molecule has 0 fully saturated rings. The molecule has 118 valence electrons. The molecule has 2 aromatic carbocycles. The normalized spacial score (nSPS) is 10.4. The highest BCUT2D eigenvalue weighted by atomic mass is 16.6. The van der Waals surface area contributed by atoms with Gasteiger partial charge in [-0.15, -0.1) is 0 Å². The van der Waals surface area contributed by atoms with E-state index in [1.807, 2.05) is 30.3 Å². The maximum Gasteiger partial charge on any atom is 0.270 e. The lowest BCUT2D eigenvalue weighted by atomic mass is 10.2. The summed E-state index contributed by atoms with van der Waals surface area (Å²) in [4.78, 5) is 26.6. The second kappa shape index (κ2) is 8.28. The van der Waals surface area contributed by atoms with Crippen LogP contribution in [0.15, 0.2) is 59.8 Å². The Morgan fingerprint density at radius 2 is 2.00 bits per heavy atom. The van der Waals surface area contributed by atoms with E-state index in [0.29, 0.717) is 12.1 Å². The third-order valence-electron chi connectivity index (χ3n) is 2.89. The Morgan fingerprint density at radius 1 is 1.22 bits per heavy atom. The Morgan fingerprint density at radius 3 is 2.74 bits per heavy atom. The maximum absolute atomic E-state index is 11.6. The highest BCUT2D eigenvalue weighted by Gasteiger charge is 2.04. The van der Waals surface area contributed by atoms with Crippen LogP contribution in [-0.4, -0.2) is 23.7 Å². The van der Waals surface area contributed by atoms with Gasteiger partial charge in [0.15, 0.2) is 6.61 Å². The lowest BCUT2D eigenvalue weighted by Crippen LogP contribution is -2.26. The van der Waals surface area contributed by atoms with Crippen molar-refractivity contribution in [2.24, 2.45) is 5.16 Å². The largest absolute Gasteiger partial charge is 0.386 e. The molecular formula is C16H15N3O4. The highest BCUT2D eigenvalue weighted by molar-refractivity contribution is 5.80. The minimum Gasteiger partial charge on any atom is -0.386 e. The molecular weight excluding hydrogens is 298 g/mol. The monoisotopic (exact) mass is 313 g/mol. The van der Waals surface area contributed by atoms with Crippen LogP contribution in [-0.2, 0) is 16.2 Å². The van der Waals surface area contributed by atoms with Gasteiger partial charge >= 0.3 is 0 Å². The van der Waals surface area contributed by atoms with E-state index in [0.717, 1.165) is 5.56 Å². The third kappa shape index (κ3) is 5.58. The molecule has 0 radical (unpaired) electrons. The zero-order valence-corrected chi connectivity index (χ0v) is 12.2. The van der Waals surface area contributed by atoms with Crippen LogP contribution in [0.5, 0.6) is 0 Å². The van der Waals surface area contributed by atoms with Crippen LogP contribution >= 0.6 is 0 Å². The van der Waals surface area contributed by atoms with E-state index in [1.54, 1.807) is 12.1 Å². The molecule has 2 aromatic rings. The zero-order valence-electron chi connectivity index (χ0n) is 12.2. The number of non-ortho nitro benzene ring substituents is 1. The lowest BCUT2D eigenvalue weighted by molar-refractivity contribution is -0.384. The Balaban J connectivity index is 1.74. The third-order valence-corrected chi connectivity index (χ3v) is 2.89. The summed E-state index contributed by atoms with van der Waals surface area (Å²) >= 11 is 0. The first kappa shape index (κ1) is 16.2. The smallest absolute Gasteiger partial charge is 0.270 e. The van der Waals surface area contributed by atoms with E-state index in [9.17, 15) is 14.9 Å². The maximum atomic E-state index is 11.6. The molecule has 23 heavy (non-hydrogen) atoms. The number of nitro groups is 1. The summed E-state index contributed by atoms with van der Waals surface area (Å²) in [6, 6.07) is 15.4. The van der Waals surface area contributed by atoms with Gasteiger partial charge in [-0.3, -0.25) is 14.9 Å². The molecule has 7 heteroatoms. The van der Waals surface area contributed by atoms with E-state index in [-0.39, 0.29) is 18.2 Å². The summed E-state index contributed by atoms with van der Waals surface area (Å²) in [6.45, 7) is 0.190. The van der Waals surface area contributed by atoms with Crippen LogP contribution in [0.3, 0.4) is 0 Å². The van der Waals surface area contributed by atoms with Gasteiger partial charge in [0.2, 0.25) is 0 Å². The predicted octanol–water partition coefficient (Wildman–Crippen LogP) is 2.26. The molecule has 0 spiro atoms. The van der Waals surface area contributed by atoms with Gasteiger partial charge in [-0.25, -0.2) is 0 Å². The molecule has 0 aromatic heterocycles. The van der Waals surface area contributed by atoms with Crippen molar-refractivity contribution in [3.63, 3.8) is 0 Å². The Bertz CT molecular complexity index is 701. The van der Waals surface area contributed by atoms with Crippen molar-refractivity contribution < 1.29 is 14.6 Å². The summed E-state index contributed by atoms with van der Waals surface area (Å²) in [5.74, 6) is -0.301. The van der Waals surface area contributed by atoms with Crippen molar-refractivity contribution in [1.82, 2.24) is 5.32 Å². The second-order valence-corrected chi connectivity index (χ2v) is 4.62. The van der Waals surface area contributed by atoms with Crippen molar-refractivity contribution in [2.75, 3.05) is 6.61 Å². The molecule has 0 aliphatic carbocycles. The standard InChI is InChI=1S/C16H15N3O4/c20-16(17-10-13-5-2-1-3-6-13)12-23-18-11-14-7-4-8-15(9-14)19(21)22/h1-9,11H,10,12H2,(H,17,20). The minimum absolute atomic E-state index is 0.0328. The van der Waals surface area contributed by atoms with E-state index >= 15 is 0 Å². The number of carbonyl (C=O) groups is 1. The Labute approximate surface area is 132 Å². The number of rotatable bonds is 7. The van der Waals surface area contributed by atoms with E-state index in [4.69, 9.17) is 4.84 Å². The molecule has 1 N–H and O–H groups in total. The number of amides is 1. The van der Waals surface area contributed by atoms with Crippen molar-refractivity contribution >= 4 is 17.8 Å². The van der Waals surface area contributed by atoms with Crippen LogP contribution in [0.25, 0.3) is 0 Å². The van der Waals surface area contributed by atoms with Crippen molar-refractivity contribution in [2.45, 2.75) is 6.54 Å². The van der Waals surface area contributed by atoms with Crippen LogP contribution < -0.4 is 5.32 Å². The molecule has 0 bridgehead atoms. The molecule has 0 aliphatic rings. The molecule has 2 rings (SSSR count). The van der Waals surface area contributed by atoms with E-state index in [2.05, 4.69) is 10.5 Å². The Kier molecular flexibility index (Phi) is 5.81. The van der Waals surface area contributed by atoms with Gasteiger partial charge < -0.3 is 10.2 Å². The lowest BCUT2D eigenvalue weighted by Gasteiger charge is -2.04. The Hall–Kier alpha value is -3.22. The number of oxime groups is 1. The van der Waals surface area contributed by atoms with Gasteiger partial charge in [0.25, 0.3) is 11.6 Å². The van der Waals surface area contributed by atoms with Crippen LogP contribution in [0.1, 0.15) is 11.1 Å². The molecule has 0 heterocycles. The van der Waals surface area contributed by atoms with Crippen molar-refractivity contribution in [3.8, 4) is 0 Å². The van der Waals surface area contributed by atoms with Crippen molar-refractivity contribution in [1.29, 1.82) is 0 Å². The van der Waals surface area contributed by atoms with Crippen LogP contribution in [0, 0.1) is 10.1 Å². The molecule has 0 saturated heterocycles. The zero-order chi connectivity index (χ0) is 16.5. The number of nitro benzene ring substituents is 1. The van der Waals surface area contributed by atoms with E-state index < -0.39 is 4.92 Å². The quantitative estimate of drug-likeness (QED) is 0.482. The second-order valence-electron chi connectivity index (χ2n) is 4.62. The SMILES string of the molecule is O=C(CON=Cc1cccc([N+](=O)[O-])c1)NCc1ccccc1. The molecule has 0 aliphatic heterocycles. The first-order chi connectivity index (χ1) is 11.1. The number of hydrogen-bond donors (Lipinski definition) is 1. The summed E-state index contributed by atoms with van der Waals surface area (Å²) in [5, 5.41) is 17.0. The fourth-order valence-corrected chi connectivity index (χ4v) is 1.76. The van der Waals surface area contributed by atoms with Gasteiger partial charge in [0, 0.05) is 24.2 Å². The average molecular weight is 313 g/mol. The highest BCUT2D eigenvalue weighted by Crippen LogP contribution is 2.11. The molecule has 1 amide bonds.